The fourth-order valence-electron chi connectivity index (χ4n) is 5.62. The number of hydrogen-bond donors (Lipinski definition) is 1. The maximum Gasteiger partial charge on any atom is 0.387 e. The fourth-order valence-corrected chi connectivity index (χ4v) is 5.62. The van der Waals surface area contributed by atoms with Crippen molar-refractivity contribution in [1.82, 2.24) is 19.7 Å². The number of nitrogens with two attached hydrogens (primary N) is 1. The van der Waals surface area contributed by atoms with Crippen LogP contribution in [0.3, 0.4) is 0 Å². The lowest BCUT2D eigenvalue weighted by Gasteiger charge is -2.25. The minimum Gasteiger partial charge on any atom is -0.431 e. The van der Waals surface area contributed by atoms with Gasteiger partial charge in [0.25, 0.3) is 0 Å². The Labute approximate surface area is 179 Å². The number of halogens is 3. The molecule has 5 atom stereocenters. The lowest BCUT2D eigenvalue weighted by atomic mass is 10.0. The molecule has 0 radical (unpaired) electrons. The molecule has 3 fully saturated rings. The van der Waals surface area contributed by atoms with Gasteiger partial charge in [0.05, 0.1) is 5.69 Å². The third kappa shape index (κ3) is 3.77. The van der Waals surface area contributed by atoms with Crippen molar-refractivity contribution in [1.29, 1.82) is 0 Å². The van der Waals surface area contributed by atoms with E-state index in [1.165, 1.54) is 18.0 Å². The molecule has 6 nitrogen and oxygen atoms in total. The van der Waals surface area contributed by atoms with E-state index in [0.717, 1.165) is 19.4 Å². The van der Waals surface area contributed by atoms with Gasteiger partial charge in [0, 0.05) is 48.5 Å². The van der Waals surface area contributed by atoms with Crippen molar-refractivity contribution in [3.8, 4) is 17.0 Å². The summed E-state index contributed by atoms with van der Waals surface area (Å²) in [5, 5.41) is 4.76. The molecule has 2 aromatic rings. The number of likely N-dealkylation sites (tertiary alicyclic amines) is 1. The molecule has 1 saturated heterocycles. The first-order valence-electron chi connectivity index (χ1n) is 11.0. The number of alkyl halides is 3. The van der Waals surface area contributed by atoms with Crippen molar-refractivity contribution in [2.75, 3.05) is 18.8 Å². The number of pyridine rings is 1. The van der Waals surface area contributed by atoms with Crippen LogP contribution in [0, 0.1) is 11.8 Å². The van der Waals surface area contributed by atoms with Crippen LogP contribution in [0.25, 0.3) is 11.3 Å². The van der Waals surface area contributed by atoms with Crippen LogP contribution in [0.1, 0.15) is 50.8 Å². The highest BCUT2D eigenvalue weighted by Gasteiger charge is 2.59. The van der Waals surface area contributed by atoms with Gasteiger partial charge in [-0.2, -0.15) is 13.9 Å². The number of aromatic nitrogens is 3. The molecule has 2 aromatic heterocycles. The predicted molar refractivity (Wildman–Crippen MR) is 111 cm³/mol. The summed E-state index contributed by atoms with van der Waals surface area (Å²) in [5.74, 6) is 1.44. The Morgan fingerprint density at radius 1 is 1.19 bits per heavy atom. The zero-order chi connectivity index (χ0) is 21.9. The van der Waals surface area contributed by atoms with Gasteiger partial charge in [0.1, 0.15) is 6.17 Å². The van der Waals surface area contributed by atoms with Crippen molar-refractivity contribution in [3.05, 3.63) is 24.0 Å². The smallest absolute Gasteiger partial charge is 0.387 e. The molecular formula is C22H28F3N5O. The Balaban J connectivity index is 1.36. The molecule has 2 N–H and O–H groups in total. The molecule has 2 aliphatic carbocycles. The van der Waals surface area contributed by atoms with E-state index in [4.69, 9.17) is 10.8 Å². The van der Waals surface area contributed by atoms with E-state index in [9.17, 15) is 13.2 Å². The van der Waals surface area contributed by atoms with E-state index in [1.54, 1.807) is 0 Å². The van der Waals surface area contributed by atoms with Crippen LogP contribution in [0.4, 0.5) is 19.0 Å². The molecule has 168 valence electrons. The average molecular weight is 435 g/mol. The van der Waals surface area contributed by atoms with Crippen LogP contribution in [0.15, 0.2) is 18.3 Å². The average Bonchev–Trinajstić information content (AvgIpc) is 3.16. The molecule has 1 aliphatic heterocycles. The van der Waals surface area contributed by atoms with Gasteiger partial charge < -0.3 is 10.5 Å². The van der Waals surface area contributed by atoms with E-state index < -0.39 is 12.8 Å². The van der Waals surface area contributed by atoms with Gasteiger partial charge in [-0.25, -0.2) is 9.37 Å². The predicted octanol–water partition coefficient (Wildman–Crippen LogP) is 4.25. The summed E-state index contributed by atoms with van der Waals surface area (Å²) in [5.41, 5.74) is 8.12. The second kappa shape index (κ2) is 7.69. The van der Waals surface area contributed by atoms with E-state index in [1.807, 2.05) is 10.7 Å². The lowest BCUT2D eigenvalue weighted by molar-refractivity contribution is -0.0494. The standard InChI is InChI=1S/C22H28F3N5O/c1-11(2)30-18(20-15-6-14(7-16(15)20)29-4-3-13(23)10-29)8-17(28-30)12-5-19(31-22(24)25)21(26)27-9-12/h5,8-9,11,13-16,20,22H,3-4,6-7,10H2,1-2H3,(H2,26,27)/t13-,14-,15+,16-,20-/m0/s1. The van der Waals surface area contributed by atoms with Crippen molar-refractivity contribution in [3.63, 3.8) is 0 Å². The molecule has 9 heteroatoms. The topological polar surface area (TPSA) is 69.2 Å². The van der Waals surface area contributed by atoms with Crippen LogP contribution >= 0.6 is 0 Å². The summed E-state index contributed by atoms with van der Waals surface area (Å²) < 4.78 is 45.5. The van der Waals surface area contributed by atoms with Gasteiger partial charge in [0.15, 0.2) is 11.6 Å². The van der Waals surface area contributed by atoms with Crippen LogP contribution in [-0.2, 0) is 0 Å². The number of fused-ring (bicyclic) bond motifs is 1. The SMILES string of the molecule is CC(C)n1nc(-c2cnc(N)c(OC(F)F)c2)cc1[C@H]1[C@@H]2C[C@H](N3CC[C@H](F)C3)C[C@@H]21. The van der Waals surface area contributed by atoms with Crippen LogP contribution in [-0.4, -0.2) is 51.6 Å². The Morgan fingerprint density at radius 2 is 1.94 bits per heavy atom. The third-order valence-corrected chi connectivity index (χ3v) is 7.09. The third-order valence-electron chi connectivity index (χ3n) is 7.09. The van der Waals surface area contributed by atoms with E-state index >= 15 is 0 Å². The Morgan fingerprint density at radius 3 is 2.55 bits per heavy atom. The molecule has 31 heavy (non-hydrogen) atoms. The molecule has 0 bridgehead atoms. The van der Waals surface area contributed by atoms with Crippen LogP contribution in [0.2, 0.25) is 0 Å². The summed E-state index contributed by atoms with van der Waals surface area (Å²) in [6.07, 6.45) is 3.73. The van der Waals surface area contributed by atoms with Gasteiger partial charge in [-0.3, -0.25) is 9.58 Å². The minimum atomic E-state index is -2.97. The van der Waals surface area contributed by atoms with Crippen molar-refractivity contribution in [2.45, 2.75) is 63.9 Å². The first kappa shape index (κ1) is 20.6. The highest BCUT2D eigenvalue weighted by atomic mass is 19.3. The number of nitrogens with zero attached hydrogens (tertiary/aromatic N) is 4. The zero-order valence-corrected chi connectivity index (χ0v) is 17.7. The number of ether oxygens (including phenoxy) is 1. The molecule has 0 spiro atoms. The number of rotatable bonds is 6. The minimum absolute atomic E-state index is 0.0761. The summed E-state index contributed by atoms with van der Waals surface area (Å²) in [4.78, 5) is 6.33. The second-order valence-corrected chi connectivity index (χ2v) is 9.34. The fraction of sp³-hybridized carbons (Fsp3) is 0.636. The molecule has 0 unspecified atom stereocenters. The quantitative estimate of drug-likeness (QED) is 0.735. The zero-order valence-electron chi connectivity index (χ0n) is 17.7. The maximum absolute atomic E-state index is 13.6. The summed E-state index contributed by atoms with van der Waals surface area (Å²) >= 11 is 0. The molecular weight excluding hydrogens is 407 g/mol. The second-order valence-electron chi connectivity index (χ2n) is 9.34. The summed E-state index contributed by atoms with van der Waals surface area (Å²) in [7, 11) is 0. The lowest BCUT2D eigenvalue weighted by Crippen LogP contribution is -2.33. The highest BCUT2D eigenvalue weighted by Crippen LogP contribution is 2.64. The van der Waals surface area contributed by atoms with Crippen molar-refractivity contribution >= 4 is 5.82 Å². The van der Waals surface area contributed by atoms with E-state index in [2.05, 4.69) is 28.5 Å². The molecule has 3 aliphatic rings. The molecule has 0 aromatic carbocycles. The van der Waals surface area contributed by atoms with Gasteiger partial charge in [-0.1, -0.05) is 0 Å². The summed E-state index contributed by atoms with van der Waals surface area (Å²) in [6.45, 7) is 2.65. The Kier molecular flexibility index (Phi) is 5.11. The van der Waals surface area contributed by atoms with Gasteiger partial charge in [-0.05, 0) is 57.1 Å². The number of nitrogen functional groups attached to an aromatic ring is 1. The first-order valence-corrected chi connectivity index (χ1v) is 11.0. The van der Waals surface area contributed by atoms with E-state index in [-0.39, 0.29) is 17.6 Å². The van der Waals surface area contributed by atoms with Gasteiger partial charge >= 0.3 is 6.61 Å². The monoisotopic (exact) mass is 435 g/mol. The van der Waals surface area contributed by atoms with Crippen molar-refractivity contribution in [2.24, 2.45) is 11.8 Å². The molecule has 2 saturated carbocycles. The molecule has 5 rings (SSSR count). The Hall–Kier alpha value is -2.29. The Bertz CT molecular complexity index is 953. The van der Waals surface area contributed by atoms with Gasteiger partial charge in [0.2, 0.25) is 0 Å². The van der Waals surface area contributed by atoms with Crippen LogP contribution in [0.5, 0.6) is 5.75 Å². The van der Waals surface area contributed by atoms with Crippen LogP contribution < -0.4 is 10.5 Å². The maximum atomic E-state index is 13.6. The molecule has 0 amide bonds. The normalized spacial score (nSPS) is 30.4. The van der Waals surface area contributed by atoms with Crippen molar-refractivity contribution < 1.29 is 17.9 Å². The van der Waals surface area contributed by atoms with Gasteiger partial charge in [-0.15, -0.1) is 0 Å². The number of anilines is 1. The van der Waals surface area contributed by atoms with E-state index in [0.29, 0.717) is 48.0 Å². The molecule has 3 heterocycles. The first-order chi connectivity index (χ1) is 14.8. The highest BCUT2D eigenvalue weighted by molar-refractivity contribution is 5.64. The largest absolute Gasteiger partial charge is 0.431 e. The number of hydrogen-bond acceptors (Lipinski definition) is 5. The summed E-state index contributed by atoms with van der Waals surface area (Å²) in [6, 6.07) is 4.18.